The number of guanidine groups is 1. The molecule has 1 saturated heterocycles. The molecule has 2 aliphatic rings. The van der Waals surface area contributed by atoms with E-state index in [4.69, 9.17) is 4.98 Å². The van der Waals surface area contributed by atoms with Crippen molar-refractivity contribution < 1.29 is 0 Å². The molecule has 0 spiro atoms. The van der Waals surface area contributed by atoms with E-state index in [1.54, 1.807) is 11.3 Å². The maximum Gasteiger partial charge on any atom is 0.198 e. The van der Waals surface area contributed by atoms with Crippen molar-refractivity contribution in [2.75, 3.05) is 38.1 Å². The zero-order valence-corrected chi connectivity index (χ0v) is 17.8. The highest BCUT2D eigenvalue weighted by Gasteiger charge is 2.24. The van der Waals surface area contributed by atoms with Gasteiger partial charge in [-0.1, -0.05) is 25.1 Å². The Hall–Kier alpha value is -1.92. The Morgan fingerprint density at radius 1 is 1.25 bits per heavy atom. The topological polar surface area (TPSA) is 43.8 Å². The molecule has 150 valence electrons. The number of aliphatic imine (C=N–C) groups is 1. The molecule has 0 unspecified atom stereocenters. The minimum atomic E-state index is 0.715. The summed E-state index contributed by atoms with van der Waals surface area (Å²) in [7, 11) is 1.89. The minimum absolute atomic E-state index is 0.715. The van der Waals surface area contributed by atoms with Gasteiger partial charge in [0.05, 0.1) is 10.7 Å². The summed E-state index contributed by atoms with van der Waals surface area (Å²) in [6.45, 7) is 7.53. The standard InChI is InChI=1S/C22H31N5S/c1-3-21-25-19(16-28-21)15-26-11-8-17(9-12-26)14-24-22(23-2)27-13-10-18-6-4-5-7-20(18)27/h4-7,16-17H,3,8-15H2,1-2H3,(H,23,24). The number of aromatic nitrogens is 1. The third-order valence-electron chi connectivity index (χ3n) is 5.90. The molecule has 2 aliphatic heterocycles. The Balaban J connectivity index is 1.25. The summed E-state index contributed by atoms with van der Waals surface area (Å²) in [6.07, 6.45) is 4.63. The van der Waals surface area contributed by atoms with Crippen LogP contribution in [-0.2, 0) is 19.4 Å². The highest BCUT2D eigenvalue weighted by atomic mass is 32.1. The number of rotatable bonds is 5. The highest BCUT2D eigenvalue weighted by Crippen LogP contribution is 2.27. The smallest absolute Gasteiger partial charge is 0.198 e. The summed E-state index contributed by atoms with van der Waals surface area (Å²) in [5, 5.41) is 7.12. The summed E-state index contributed by atoms with van der Waals surface area (Å²) in [4.78, 5) is 14.2. The van der Waals surface area contributed by atoms with Gasteiger partial charge in [0.1, 0.15) is 0 Å². The van der Waals surface area contributed by atoms with Crippen molar-refractivity contribution >= 4 is 23.0 Å². The molecule has 0 bridgehead atoms. The largest absolute Gasteiger partial charge is 0.356 e. The second-order valence-electron chi connectivity index (χ2n) is 7.76. The lowest BCUT2D eigenvalue weighted by Crippen LogP contribution is -2.44. The van der Waals surface area contributed by atoms with Gasteiger partial charge in [-0.3, -0.25) is 9.89 Å². The van der Waals surface area contributed by atoms with Crippen LogP contribution in [-0.4, -0.2) is 49.1 Å². The normalized spacial score (nSPS) is 18.5. The van der Waals surface area contributed by atoms with Crippen LogP contribution in [0, 0.1) is 5.92 Å². The Morgan fingerprint density at radius 2 is 2.07 bits per heavy atom. The van der Waals surface area contributed by atoms with E-state index in [2.05, 4.69) is 56.7 Å². The average Bonchev–Trinajstić information content (AvgIpc) is 3.37. The first kappa shape index (κ1) is 19.4. The molecule has 0 radical (unpaired) electrons. The average molecular weight is 398 g/mol. The maximum atomic E-state index is 4.72. The number of nitrogens with zero attached hydrogens (tertiary/aromatic N) is 4. The van der Waals surface area contributed by atoms with Gasteiger partial charge >= 0.3 is 0 Å². The predicted octanol–water partition coefficient (Wildman–Crippen LogP) is 3.56. The van der Waals surface area contributed by atoms with E-state index in [-0.39, 0.29) is 0 Å². The van der Waals surface area contributed by atoms with Crippen LogP contribution in [0.2, 0.25) is 0 Å². The van der Waals surface area contributed by atoms with Crippen LogP contribution in [0.15, 0.2) is 34.6 Å². The van der Waals surface area contributed by atoms with Gasteiger partial charge in [0, 0.05) is 37.7 Å². The molecule has 3 heterocycles. The number of para-hydroxylation sites is 1. The highest BCUT2D eigenvalue weighted by molar-refractivity contribution is 7.09. The van der Waals surface area contributed by atoms with Crippen molar-refractivity contribution in [3.05, 3.63) is 45.9 Å². The molecule has 28 heavy (non-hydrogen) atoms. The second kappa shape index (κ2) is 9.05. The molecule has 0 saturated carbocycles. The van der Waals surface area contributed by atoms with Crippen molar-refractivity contribution in [2.45, 2.75) is 39.2 Å². The summed E-state index contributed by atoms with van der Waals surface area (Å²) >= 11 is 1.79. The lowest BCUT2D eigenvalue weighted by Gasteiger charge is -2.32. The van der Waals surface area contributed by atoms with E-state index in [1.165, 1.54) is 34.8 Å². The van der Waals surface area contributed by atoms with Crippen LogP contribution >= 0.6 is 11.3 Å². The molecule has 0 amide bonds. The third kappa shape index (κ3) is 4.39. The number of benzene rings is 1. The van der Waals surface area contributed by atoms with E-state index in [0.717, 1.165) is 51.5 Å². The number of hydrogen-bond acceptors (Lipinski definition) is 4. The molecular weight excluding hydrogens is 366 g/mol. The number of piperidine rings is 1. The fourth-order valence-electron chi connectivity index (χ4n) is 4.25. The summed E-state index contributed by atoms with van der Waals surface area (Å²) in [6, 6.07) is 8.67. The van der Waals surface area contributed by atoms with Gasteiger partial charge in [-0.05, 0) is 56.3 Å². The fourth-order valence-corrected chi connectivity index (χ4v) is 4.99. The number of likely N-dealkylation sites (tertiary alicyclic amines) is 1. The fraction of sp³-hybridized carbons (Fsp3) is 0.545. The van der Waals surface area contributed by atoms with E-state index in [1.807, 2.05) is 7.05 Å². The lowest BCUT2D eigenvalue weighted by atomic mass is 9.97. The Kier molecular flexibility index (Phi) is 6.27. The molecule has 1 fully saturated rings. The maximum absolute atomic E-state index is 4.72. The first-order chi connectivity index (χ1) is 13.8. The Morgan fingerprint density at radius 3 is 2.82 bits per heavy atom. The molecule has 1 N–H and O–H groups in total. The zero-order chi connectivity index (χ0) is 19.3. The van der Waals surface area contributed by atoms with E-state index >= 15 is 0 Å². The van der Waals surface area contributed by atoms with E-state index in [0.29, 0.717) is 5.92 Å². The Bertz CT molecular complexity index is 807. The van der Waals surface area contributed by atoms with Crippen molar-refractivity contribution in [2.24, 2.45) is 10.9 Å². The lowest BCUT2D eigenvalue weighted by molar-refractivity contribution is 0.176. The third-order valence-corrected chi connectivity index (χ3v) is 6.94. The van der Waals surface area contributed by atoms with Gasteiger partial charge in [0.15, 0.2) is 5.96 Å². The number of fused-ring (bicyclic) bond motifs is 1. The molecule has 1 aromatic carbocycles. The van der Waals surface area contributed by atoms with Crippen molar-refractivity contribution in [1.29, 1.82) is 0 Å². The molecule has 5 nitrogen and oxygen atoms in total. The first-order valence-corrected chi connectivity index (χ1v) is 11.4. The van der Waals surface area contributed by atoms with Crippen LogP contribution in [0.1, 0.15) is 36.0 Å². The summed E-state index contributed by atoms with van der Waals surface area (Å²) < 4.78 is 0. The number of anilines is 1. The van der Waals surface area contributed by atoms with Gasteiger partial charge in [-0.2, -0.15) is 0 Å². The summed E-state index contributed by atoms with van der Waals surface area (Å²) in [5.74, 6) is 1.73. The van der Waals surface area contributed by atoms with Crippen LogP contribution in [0.5, 0.6) is 0 Å². The second-order valence-corrected chi connectivity index (χ2v) is 8.71. The summed E-state index contributed by atoms with van der Waals surface area (Å²) in [5.41, 5.74) is 3.97. The monoisotopic (exact) mass is 397 g/mol. The molecular formula is C22H31N5S. The number of aryl methyl sites for hydroxylation is 1. The zero-order valence-electron chi connectivity index (χ0n) is 17.0. The van der Waals surface area contributed by atoms with Crippen LogP contribution in [0.4, 0.5) is 5.69 Å². The van der Waals surface area contributed by atoms with Crippen LogP contribution in [0.3, 0.4) is 0 Å². The van der Waals surface area contributed by atoms with E-state index in [9.17, 15) is 0 Å². The van der Waals surface area contributed by atoms with Crippen LogP contribution < -0.4 is 10.2 Å². The van der Waals surface area contributed by atoms with Gasteiger partial charge in [0.25, 0.3) is 0 Å². The SMILES string of the molecule is CCc1nc(CN2CCC(CNC(=NC)N3CCc4ccccc43)CC2)cs1. The molecule has 4 rings (SSSR count). The van der Waals surface area contributed by atoms with Gasteiger partial charge in [-0.15, -0.1) is 11.3 Å². The van der Waals surface area contributed by atoms with Crippen molar-refractivity contribution in [3.8, 4) is 0 Å². The van der Waals surface area contributed by atoms with Crippen molar-refractivity contribution in [1.82, 2.24) is 15.2 Å². The Labute approximate surface area is 172 Å². The van der Waals surface area contributed by atoms with Gasteiger partial charge < -0.3 is 10.2 Å². The molecule has 0 atom stereocenters. The number of thiazole rings is 1. The molecule has 0 aliphatic carbocycles. The first-order valence-electron chi connectivity index (χ1n) is 10.5. The minimum Gasteiger partial charge on any atom is -0.356 e. The van der Waals surface area contributed by atoms with Crippen LogP contribution in [0.25, 0.3) is 0 Å². The predicted molar refractivity (Wildman–Crippen MR) is 118 cm³/mol. The van der Waals surface area contributed by atoms with Crippen molar-refractivity contribution in [3.63, 3.8) is 0 Å². The molecule has 1 aromatic heterocycles. The number of nitrogens with one attached hydrogen (secondary N) is 1. The molecule has 6 heteroatoms. The van der Waals surface area contributed by atoms with Gasteiger partial charge in [-0.25, -0.2) is 4.98 Å². The number of hydrogen-bond donors (Lipinski definition) is 1. The quantitative estimate of drug-likeness (QED) is 0.619. The van der Waals surface area contributed by atoms with Gasteiger partial charge in [0.2, 0.25) is 0 Å². The molecule has 2 aromatic rings. The van der Waals surface area contributed by atoms with E-state index < -0.39 is 0 Å².